The summed E-state index contributed by atoms with van der Waals surface area (Å²) in [6.45, 7) is 7.00. The van der Waals surface area contributed by atoms with Gasteiger partial charge in [-0.15, -0.1) is 16.9 Å². The summed E-state index contributed by atoms with van der Waals surface area (Å²) in [4.78, 5) is 10.3. The summed E-state index contributed by atoms with van der Waals surface area (Å²) >= 11 is 1.54. The fraction of sp³-hybridized carbons (Fsp3) is 0.571. The minimum Gasteiger partial charge on any atom is -0.491 e. The van der Waals surface area contributed by atoms with Gasteiger partial charge in [0.1, 0.15) is 18.3 Å². The normalized spacial score (nSPS) is 11.3. The number of thioether (sulfide) groups is 1. The molecule has 0 bridgehead atoms. The molecular formula is C21H32N2O8S. The van der Waals surface area contributed by atoms with Gasteiger partial charge in [-0.2, -0.15) is 5.10 Å². The van der Waals surface area contributed by atoms with Crippen molar-refractivity contribution < 1.29 is 38.3 Å². The number of aliphatic carboxylic acids is 1. The third-order valence-corrected chi connectivity index (χ3v) is 4.00. The smallest absolute Gasteiger partial charge is 0.305 e. The molecule has 11 heteroatoms. The van der Waals surface area contributed by atoms with Gasteiger partial charge >= 0.3 is 5.97 Å². The van der Waals surface area contributed by atoms with Gasteiger partial charge in [-0.25, -0.2) is 0 Å². The van der Waals surface area contributed by atoms with Crippen molar-refractivity contribution in [1.29, 1.82) is 0 Å². The zero-order valence-electron chi connectivity index (χ0n) is 18.4. The first-order valence-electron chi connectivity index (χ1n) is 10.1. The van der Waals surface area contributed by atoms with Crippen LogP contribution in [0.2, 0.25) is 0 Å². The number of rotatable bonds is 20. The molecule has 0 radical (unpaired) electrons. The summed E-state index contributed by atoms with van der Waals surface area (Å²) in [7, 11) is 0. The van der Waals surface area contributed by atoms with E-state index in [1.807, 2.05) is 30.5 Å². The zero-order chi connectivity index (χ0) is 23.3. The molecule has 0 amide bonds. The number of carboxylic acids is 1. The van der Waals surface area contributed by atoms with Crippen LogP contribution >= 0.6 is 11.8 Å². The number of carboxylic acid groups (broad SMARTS) is 1. The lowest BCUT2D eigenvalue weighted by Crippen LogP contribution is -2.14. The van der Waals surface area contributed by atoms with E-state index in [9.17, 15) is 4.79 Å². The molecule has 0 heterocycles. The molecule has 180 valence electrons. The monoisotopic (exact) mass is 472 g/mol. The van der Waals surface area contributed by atoms with E-state index < -0.39 is 5.97 Å². The summed E-state index contributed by atoms with van der Waals surface area (Å²) in [5.74, 6) is 0.736. The number of carbonyl (C=O) groups is 1. The van der Waals surface area contributed by atoms with Crippen molar-refractivity contribution in [3.8, 4) is 5.75 Å². The predicted octanol–water partition coefficient (Wildman–Crippen LogP) is 2.31. The lowest BCUT2D eigenvalue weighted by molar-refractivity contribution is -0.138. The maximum Gasteiger partial charge on any atom is 0.305 e. The molecule has 0 aliphatic heterocycles. The Hall–Kier alpha value is -2.18. The highest BCUT2D eigenvalue weighted by Crippen LogP contribution is 2.14. The standard InChI is InChI=1S/C21H32N2O8S/c1-22-23-21(31-17-32-2)18-3-5-19(6-4-18)30-16-15-29-14-13-28-12-11-27-10-9-26-8-7-20(24)25/h3-6H,1,7-17H2,2H3,(H,24,25)/b23-21-. The molecule has 32 heavy (non-hydrogen) atoms. The van der Waals surface area contributed by atoms with Crippen LogP contribution in [0, 0.1) is 0 Å². The molecule has 1 aromatic rings. The maximum absolute atomic E-state index is 10.3. The first kappa shape index (κ1) is 27.9. The molecule has 0 fully saturated rings. The van der Waals surface area contributed by atoms with Crippen LogP contribution in [0.1, 0.15) is 12.0 Å². The number of ether oxygens (including phenoxy) is 6. The third-order valence-electron chi connectivity index (χ3n) is 3.65. The predicted molar refractivity (Wildman–Crippen MR) is 123 cm³/mol. The Bertz CT molecular complexity index is 658. The SMILES string of the molecule is C=N/N=C(\OCSC)c1ccc(OCCOCCOCCOCCOCCC(=O)O)cc1. The highest BCUT2D eigenvalue weighted by Gasteiger charge is 2.05. The van der Waals surface area contributed by atoms with E-state index >= 15 is 0 Å². The molecule has 0 aromatic heterocycles. The number of hydrogen-bond donors (Lipinski definition) is 1. The minimum atomic E-state index is -0.874. The average Bonchev–Trinajstić information content (AvgIpc) is 2.79. The molecule has 1 aromatic carbocycles. The van der Waals surface area contributed by atoms with E-state index in [0.29, 0.717) is 70.4 Å². The molecule has 0 aliphatic carbocycles. The quantitative estimate of drug-likeness (QED) is 0.100. The van der Waals surface area contributed by atoms with Crippen molar-refractivity contribution in [2.24, 2.45) is 10.2 Å². The lowest BCUT2D eigenvalue weighted by Gasteiger charge is -2.10. The Morgan fingerprint density at radius 3 is 1.94 bits per heavy atom. The fourth-order valence-electron chi connectivity index (χ4n) is 2.18. The molecule has 0 aliphatic rings. The Morgan fingerprint density at radius 2 is 1.44 bits per heavy atom. The second kappa shape index (κ2) is 19.5. The second-order valence-corrected chi connectivity index (χ2v) is 6.88. The topological polar surface area (TPSA) is 117 Å². The van der Waals surface area contributed by atoms with Crippen molar-refractivity contribution in [2.45, 2.75) is 6.42 Å². The molecule has 0 saturated carbocycles. The molecule has 0 unspecified atom stereocenters. The van der Waals surface area contributed by atoms with Crippen LogP contribution in [-0.2, 0) is 28.5 Å². The minimum absolute atomic E-state index is 0.00147. The second-order valence-electron chi connectivity index (χ2n) is 6.06. The van der Waals surface area contributed by atoms with E-state index in [1.165, 1.54) is 0 Å². The van der Waals surface area contributed by atoms with Gasteiger partial charge in [0.2, 0.25) is 5.90 Å². The Kier molecular flexibility index (Phi) is 17.0. The zero-order valence-corrected chi connectivity index (χ0v) is 19.2. The number of hydrogen-bond acceptors (Lipinski definition) is 10. The molecule has 0 saturated heterocycles. The summed E-state index contributed by atoms with van der Waals surface area (Å²) in [5, 5.41) is 15.9. The van der Waals surface area contributed by atoms with Gasteiger partial charge in [0.15, 0.2) is 0 Å². The molecular weight excluding hydrogens is 440 g/mol. The lowest BCUT2D eigenvalue weighted by atomic mass is 10.2. The van der Waals surface area contributed by atoms with E-state index in [4.69, 9.17) is 33.5 Å². The Morgan fingerprint density at radius 1 is 0.906 bits per heavy atom. The van der Waals surface area contributed by atoms with Crippen LogP contribution in [0.25, 0.3) is 0 Å². The van der Waals surface area contributed by atoms with Gasteiger partial charge in [-0.05, 0) is 30.5 Å². The van der Waals surface area contributed by atoms with Gasteiger partial charge in [-0.3, -0.25) is 4.79 Å². The maximum atomic E-state index is 10.3. The summed E-state index contributed by atoms with van der Waals surface area (Å²) in [6, 6.07) is 7.35. The third kappa shape index (κ3) is 14.8. The number of benzene rings is 1. The first-order valence-corrected chi connectivity index (χ1v) is 11.5. The van der Waals surface area contributed by atoms with E-state index in [0.717, 1.165) is 5.56 Å². The fourth-order valence-corrected chi connectivity index (χ4v) is 2.41. The van der Waals surface area contributed by atoms with Gasteiger partial charge in [0.25, 0.3) is 0 Å². The van der Waals surface area contributed by atoms with Crippen molar-refractivity contribution in [2.75, 3.05) is 71.7 Å². The number of nitrogens with zero attached hydrogens (tertiary/aromatic N) is 2. The summed E-state index contributed by atoms with van der Waals surface area (Å²) < 4.78 is 32.4. The molecule has 0 atom stereocenters. The first-order chi connectivity index (χ1) is 15.7. The van der Waals surface area contributed by atoms with Crippen molar-refractivity contribution >= 4 is 30.3 Å². The van der Waals surface area contributed by atoms with Gasteiger partial charge < -0.3 is 33.5 Å². The Labute approximate surface area is 192 Å². The average molecular weight is 473 g/mol. The van der Waals surface area contributed by atoms with Crippen LogP contribution in [0.15, 0.2) is 34.5 Å². The highest BCUT2D eigenvalue weighted by molar-refractivity contribution is 7.98. The van der Waals surface area contributed by atoms with Crippen molar-refractivity contribution in [3.05, 3.63) is 29.8 Å². The van der Waals surface area contributed by atoms with E-state index in [-0.39, 0.29) is 13.0 Å². The van der Waals surface area contributed by atoms with Gasteiger partial charge in [0.05, 0.1) is 59.3 Å². The van der Waals surface area contributed by atoms with Crippen LogP contribution in [0.4, 0.5) is 0 Å². The van der Waals surface area contributed by atoms with Crippen LogP contribution in [-0.4, -0.2) is 95.3 Å². The summed E-state index contributed by atoms with van der Waals surface area (Å²) in [5.41, 5.74) is 0.793. The molecule has 1 N–H and O–H groups in total. The van der Waals surface area contributed by atoms with Crippen LogP contribution < -0.4 is 4.74 Å². The largest absolute Gasteiger partial charge is 0.491 e. The van der Waals surface area contributed by atoms with E-state index in [2.05, 4.69) is 16.9 Å². The highest BCUT2D eigenvalue weighted by atomic mass is 32.2. The van der Waals surface area contributed by atoms with Gasteiger partial charge in [-0.1, -0.05) is 0 Å². The van der Waals surface area contributed by atoms with Crippen molar-refractivity contribution in [1.82, 2.24) is 0 Å². The van der Waals surface area contributed by atoms with E-state index in [1.54, 1.807) is 11.8 Å². The van der Waals surface area contributed by atoms with Crippen LogP contribution in [0.3, 0.4) is 0 Å². The molecule has 1 rings (SSSR count). The molecule has 10 nitrogen and oxygen atoms in total. The summed E-state index contributed by atoms with van der Waals surface area (Å²) in [6.07, 6.45) is 1.93. The van der Waals surface area contributed by atoms with Gasteiger partial charge in [0, 0.05) is 12.3 Å². The van der Waals surface area contributed by atoms with Crippen molar-refractivity contribution in [3.63, 3.8) is 0 Å². The Balaban J connectivity index is 1.99. The molecule has 0 spiro atoms. The van der Waals surface area contributed by atoms with Crippen LogP contribution in [0.5, 0.6) is 5.75 Å².